The van der Waals surface area contributed by atoms with Crippen LogP contribution in [0.1, 0.15) is 20.8 Å². The number of ketones is 1. The molecule has 0 spiro atoms. The maximum Gasteiger partial charge on any atom is 0.143 e. The van der Waals surface area contributed by atoms with Crippen molar-refractivity contribution < 1.29 is 4.79 Å². The molecule has 0 fully saturated rings. The first-order valence-electron chi connectivity index (χ1n) is 5.69. The van der Waals surface area contributed by atoms with Crippen molar-refractivity contribution in [1.29, 1.82) is 0 Å². The van der Waals surface area contributed by atoms with E-state index in [4.69, 9.17) is 0 Å². The van der Waals surface area contributed by atoms with E-state index >= 15 is 0 Å². The molecule has 3 nitrogen and oxygen atoms in total. The van der Waals surface area contributed by atoms with E-state index in [1.54, 1.807) is 6.92 Å². The van der Waals surface area contributed by atoms with Gasteiger partial charge in [-0.15, -0.1) is 0 Å². The smallest absolute Gasteiger partial charge is 0.143 e. The first-order chi connectivity index (χ1) is 7.70. The SMILES string of the molecule is CCNCC(C)=O.CCNc1ccccc1. The van der Waals surface area contributed by atoms with Crippen LogP contribution in [0, 0.1) is 0 Å². The molecule has 0 radical (unpaired) electrons. The van der Waals surface area contributed by atoms with Gasteiger partial charge in [0.25, 0.3) is 0 Å². The second kappa shape index (κ2) is 10.2. The summed E-state index contributed by atoms with van der Waals surface area (Å²) in [5, 5.41) is 6.11. The lowest BCUT2D eigenvalue weighted by atomic mass is 10.3. The molecule has 0 aliphatic heterocycles. The number of para-hydroxylation sites is 1. The van der Waals surface area contributed by atoms with E-state index in [9.17, 15) is 4.79 Å². The number of likely N-dealkylation sites (N-methyl/N-ethyl adjacent to an activating group) is 1. The van der Waals surface area contributed by atoms with Gasteiger partial charge >= 0.3 is 0 Å². The number of carbonyl (C=O) groups is 1. The van der Waals surface area contributed by atoms with Crippen molar-refractivity contribution in [3.8, 4) is 0 Å². The van der Waals surface area contributed by atoms with Gasteiger partial charge in [-0.05, 0) is 32.5 Å². The van der Waals surface area contributed by atoms with Crippen LogP contribution in [-0.2, 0) is 4.79 Å². The van der Waals surface area contributed by atoms with E-state index in [2.05, 4.69) is 29.7 Å². The molecule has 0 saturated carbocycles. The Kier molecular flexibility index (Phi) is 9.32. The van der Waals surface area contributed by atoms with E-state index in [1.165, 1.54) is 5.69 Å². The molecule has 0 amide bonds. The van der Waals surface area contributed by atoms with Gasteiger partial charge in [-0.3, -0.25) is 4.79 Å². The zero-order valence-electron chi connectivity index (χ0n) is 10.4. The average Bonchev–Trinajstić information content (AvgIpc) is 2.29. The Bertz CT molecular complexity index is 273. The fraction of sp³-hybridized carbons (Fsp3) is 0.462. The predicted octanol–water partition coefficient (Wildman–Crippen LogP) is 2.30. The molecule has 3 heteroatoms. The van der Waals surface area contributed by atoms with E-state index in [-0.39, 0.29) is 5.78 Å². The second-order valence-corrected chi connectivity index (χ2v) is 3.38. The van der Waals surface area contributed by atoms with Gasteiger partial charge in [0.2, 0.25) is 0 Å². The lowest BCUT2D eigenvalue weighted by molar-refractivity contribution is -0.116. The summed E-state index contributed by atoms with van der Waals surface area (Å²) in [6.07, 6.45) is 0. The van der Waals surface area contributed by atoms with Gasteiger partial charge in [0.1, 0.15) is 5.78 Å². The molecule has 16 heavy (non-hydrogen) atoms. The number of rotatable bonds is 5. The van der Waals surface area contributed by atoms with E-state index < -0.39 is 0 Å². The zero-order chi connectivity index (χ0) is 12.2. The summed E-state index contributed by atoms with van der Waals surface area (Å²) in [5.74, 6) is 0.196. The normalized spacial score (nSPS) is 8.94. The topological polar surface area (TPSA) is 41.1 Å². The third kappa shape index (κ3) is 9.21. The summed E-state index contributed by atoms with van der Waals surface area (Å²) in [5.41, 5.74) is 1.19. The summed E-state index contributed by atoms with van der Waals surface area (Å²) in [4.78, 5) is 10.1. The van der Waals surface area contributed by atoms with Gasteiger partial charge < -0.3 is 10.6 Å². The van der Waals surface area contributed by atoms with Crippen LogP contribution in [0.3, 0.4) is 0 Å². The average molecular weight is 222 g/mol. The molecule has 1 aromatic rings. The standard InChI is InChI=1S/C8H11N.C5H11NO/c1-2-9-8-6-4-3-5-7-8;1-3-6-4-5(2)7/h3-7,9H,2H2,1H3;6H,3-4H2,1-2H3. The molecular formula is C13H22N2O. The van der Waals surface area contributed by atoms with Gasteiger partial charge in [-0.1, -0.05) is 25.1 Å². The molecule has 0 unspecified atom stereocenters. The molecule has 90 valence electrons. The summed E-state index contributed by atoms with van der Waals surface area (Å²) in [6, 6.07) is 10.2. The summed E-state index contributed by atoms with van der Waals surface area (Å²) in [6.45, 7) is 8.01. The van der Waals surface area contributed by atoms with E-state index in [1.807, 2.05) is 25.1 Å². The van der Waals surface area contributed by atoms with E-state index in [0.29, 0.717) is 6.54 Å². The molecule has 1 rings (SSSR count). The van der Waals surface area contributed by atoms with Gasteiger partial charge in [0.15, 0.2) is 0 Å². The van der Waals surface area contributed by atoms with Crippen LogP contribution in [0.15, 0.2) is 30.3 Å². The summed E-state index contributed by atoms with van der Waals surface area (Å²) in [7, 11) is 0. The van der Waals surface area contributed by atoms with Crippen LogP contribution in [0.25, 0.3) is 0 Å². The number of carbonyl (C=O) groups excluding carboxylic acids is 1. The van der Waals surface area contributed by atoms with Crippen molar-refractivity contribution in [1.82, 2.24) is 5.32 Å². The third-order valence-electron chi connectivity index (χ3n) is 1.78. The minimum absolute atomic E-state index is 0.196. The fourth-order valence-corrected chi connectivity index (χ4v) is 1.06. The number of nitrogens with one attached hydrogen (secondary N) is 2. The molecule has 2 N–H and O–H groups in total. The largest absolute Gasteiger partial charge is 0.385 e. The van der Waals surface area contributed by atoms with Crippen molar-refractivity contribution in [3.05, 3.63) is 30.3 Å². The highest BCUT2D eigenvalue weighted by molar-refractivity contribution is 5.77. The number of hydrogen-bond acceptors (Lipinski definition) is 3. The molecule has 0 saturated heterocycles. The maximum absolute atomic E-state index is 10.1. The van der Waals surface area contributed by atoms with Crippen molar-refractivity contribution in [2.45, 2.75) is 20.8 Å². The molecule has 0 bridgehead atoms. The number of Topliss-reactive ketones (excluding diaryl/α,β-unsaturated/α-hetero) is 1. The molecule has 0 aliphatic rings. The van der Waals surface area contributed by atoms with Crippen molar-refractivity contribution >= 4 is 11.5 Å². The Labute approximate surface area is 98.3 Å². The highest BCUT2D eigenvalue weighted by Gasteiger charge is 1.85. The summed E-state index contributed by atoms with van der Waals surface area (Å²) >= 11 is 0. The van der Waals surface area contributed by atoms with Crippen LogP contribution < -0.4 is 10.6 Å². The third-order valence-corrected chi connectivity index (χ3v) is 1.78. The summed E-state index contributed by atoms with van der Waals surface area (Å²) < 4.78 is 0. The number of anilines is 1. The minimum Gasteiger partial charge on any atom is -0.385 e. The van der Waals surface area contributed by atoms with Crippen LogP contribution in [-0.4, -0.2) is 25.4 Å². The molecule has 0 aromatic heterocycles. The van der Waals surface area contributed by atoms with Crippen molar-refractivity contribution in [3.63, 3.8) is 0 Å². The zero-order valence-corrected chi connectivity index (χ0v) is 10.4. The molecule has 0 aliphatic carbocycles. The van der Waals surface area contributed by atoms with Gasteiger partial charge in [0.05, 0.1) is 6.54 Å². The molecule has 0 heterocycles. The number of hydrogen-bond donors (Lipinski definition) is 2. The molecular weight excluding hydrogens is 200 g/mol. The lowest BCUT2D eigenvalue weighted by Gasteiger charge is -1.99. The molecule has 0 atom stereocenters. The first-order valence-corrected chi connectivity index (χ1v) is 5.69. The van der Waals surface area contributed by atoms with Crippen LogP contribution >= 0.6 is 0 Å². The quantitative estimate of drug-likeness (QED) is 0.803. The maximum atomic E-state index is 10.1. The number of benzene rings is 1. The van der Waals surface area contributed by atoms with Crippen LogP contribution in [0.4, 0.5) is 5.69 Å². The van der Waals surface area contributed by atoms with Gasteiger partial charge in [-0.25, -0.2) is 0 Å². The van der Waals surface area contributed by atoms with Gasteiger partial charge in [0, 0.05) is 12.2 Å². The fourth-order valence-electron chi connectivity index (χ4n) is 1.06. The van der Waals surface area contributed by atoms with E-state index in [0.717, 1.165) is 13.1 Å². The molecule has 1 aromatic carbocycles. The van der Waals surface area contributed by atoms with Crippen molar-refractivity contribution in [2.75, 3.05) is 25.0 Å². The Morgan fingerprint density at radius 2 is 1.75 bits per heavy atom. The van der Waals surface area contributed by atoms with Crippen molar-refractivity contribution in [2.24, 2.45) is 0 Å². The monoisotopic (exact) mass is 222 g/mol. The first kappa shape index (κ1) is 14.6. The Morgan fingerprint density at radius 3 is 2.12 bits per heavy atom. The highest BCUT2D eigenvalue weighted by atomic mass is 16.1. The minimum atomic E-state index is 0.196. The highest BCUT2D eigenvalue weighted by Crippen LogP contribution is 2.02. The second-order valence-electron chi connectivity index (χ2n) is 3.38. The van der Waals surface area contributed by atoms with Crippen LogP contribution in [0.5, 0.6) is 0 Å². The Balaban J connectivity index is 0.000000293. The van der Waals surface area contributed by atoms with Gasteiger partial charge in [-0.2, -0.15) is 0 Å². The lowest BCUT2D eigenvalue weighted by Crippen LogP contribution is -2.19. The predicted molar refractivity (Wildman–Crippen MR) is 69.8 cm³/mol. The Morgan fingerprint density at radius 1 is 1.12 bits per heavy atom. The van der Waals surface area contributed by atoms with Crippen LogP contribution in [0.2, 0.25) is 0 Å². The Hall–Kier alpha value is -1.35.